The van der Waals surface area contributed by atoms with Crippen LogP contribution in [-0.2, 0) is 27.3 Å². The predicted octanol–water partition coefficient (Wildman–Crippen LogP) is 4.76. The third-order valence-electron chi connectivity index (χ3n) is 7.45. The number of hydrogen-bond donors (Lipinski definition) is 3. The number of carbonyl (C=O) groups is 3. The number of rotatable bonds is 11. The smallest absolute Gasteiger partial charge is 0.243 e. The van der Waals surface area contributed by atoms with E-state index in [9.17, 15) is 18.8 Å². The maximum absolute atomic E-state index is 13.8. The first-order valence-electron chi connectivity index (χ1n) is 14.4. The van der Waals surface area contributed by atoms with Gasteiger partial charge in [0.1, 0.15) is 17.9 Å². The third-order valence-corrected chi connectivity index (χ3v) is 7.45. The van der Waals surface area contributed by atoms with Crippen LogP contribution in [0.5, 0.6) is 0 Å². The van der Waals surface area contributed by atoms with Gasteiger partial charge >= 0.3 is 0 Å². The fraction of sp³-hybridized carbons (Fsp3) is 0.424. The normalized spacial score (nSPS) is 15.6. The fourth-order valence-electron chi connectivity index (χ4n) is 5.20. The molecular formula is C33H42ClFN4O3. The van der Waals surface area contributed by atoms with E-state index in [0.717, 1.165) is 22.8 Å². The lowest BCUT2D eigenvalue weighted by Crippen LogP contribution is -2.55. The zero-order valence-electron chi connectivity index (χ0n) is 24.6. The Labute approximate surface area is 254 Å². The van der Waals surface area contributed by atoms with E-state index in [1.807, 2.05) is 63.2 Å². The second-order valence-electron chi connectivity index (χ2n) is 11.8. The van der Waals surface area contributed by atoms with Crippen LogP contribution in [0.15, 0.2) is 66.7 Å². The average Bonchev–Trinajstić information content (AvgIpc) is 3.44. The quantitative estimate of drug-likeness (QED) is 0.278. The molecule has 0 aliphatic carbocycles. The maximum Gasteiger partial charge on any atom is 0.243 e. The van der Waals surface area contributed by atoms with Crippen LogP contribution >= 0.6 is 12.4 Å². The highest BCUT2D eigenvalue weighted by Gasteiger charge is 2.39. The Balaban J connectivity index is 0.00000484. The molecule has 0 saturated carbocycles. The van der Waals surface area contributed by atoms with E-state index in [1.54, 1.807) is 23.1 Å². The third kappa shape index (κ3) is 8.76. The molecule has 7 nitrogen and oxygen atoms in total. The Bertz CT molecular complexity index is 1380. The predicted molar refractivity (Wildman–Crippen MR) is 167 cm³/mol. The van der Waals surface area contributed by atoms with Gasteiger partial charge in [-0.3, -0.25) is 14.4 Å². The van der Waals surface area contributed by atoms with Crippen molar-refractivity contribution in [2.75, 3.05) is 19.6 Å². The molecule has 1 aliphatic heterocycles. The van der Waals surface area contributed by atoms with Crippen LogP contribution in [0.3, 0.4) is 0 Å². The lowest BCUT2D eigenvalue weighted by Gasteiger charge is -2.31. The first-order valence-corrected chi connectivity index (χ1v) is 14.4. The molecule has 226 valence electrons. The first-order chi connectivity index (χ1) is 19.6. The number of fused-ring (bicyclic) bond motifs is 1. The van der Waals surface area contributed by atoms with Crippen LogP contribution in [0.1, 0.15) is 51.2 Å². The van der Waals surface area contributed by atoms with E-state index in [4.69, 9.17) is 0 Å². The molecule has 0 radical (unpaired) electrons. The van der Waals surface area contributed by atoms with Crippen molar-refractivity contribution in [1.82, 2.24) is 20.9 Å². The van der Waals surface area contributed by atoms with E-state index in [2.05, 4.69) is 16.0 Å². The number of hydrogen-bond acceptors (Lipinski definition) is 4. The van der Waals surface area contributed by atoms with Crippen LogP contribution in [0.2, 0.25) is 0 Å². The molecule has 4 rings (SSSR count). The van der Waals surface area contributed by atoms with Gasteiger partial charge in [-0.15, -0.1) is 12.4 Å². The number of amides is 3. The summed E-state index contributed by atoms with van der Waals surface area (Å²) in [5, 5.41) is 11.3. The fourth-order valence-corrected chi connectivity index (χ4v) is 5.20. The summed E-state index contributed by atoms with van der Waals surface area (Å²) in [6, 6.07) is 19.3. The van der Waals surface area contributed by atoms with E-state index in [1.165, 1.54) is 6.07 Å². The van der Waals surface area contributed by atoms with Crippen LogP contribution in [0, 0.1) is 11.2 Å². The summed E-state index contributed by atoms with van der Waals surface area (Å²) in [7, 11) is 0. The number of halogens is 2. The largest absolute Gasteiger partial charge is 0.354 e. The van der Waals surface area contributed by atoms with E-state index >= 15 is 0 Å². The second-order valence-corrected chi connectivity index (χ2v) is 11.8. The Morgan fingerprint density at radius 1 is 0.976 bits per heavy atom. The SMILES string of the molecule is CC(C)(C)C(=O)N1CCCC1C(=O)N[C@H](Cc1ccc2ccccc2c1)C(=O)NCCCNCc1ccccc1F.Cl. The Morgan fingerprint density at radius 2 is 1.69 bits per heavy atom. The summed E-state index contributed by atoms with van der Waals surface area (Å²) in [4.78, 5) is 41.5. The highest BCUT2D eigenvalue weighted by atomic mass is 35.5. The molecule has 2 atom stereocenters. The molecule has 0 spiro atoms. The van der Waals surface area contributed by atoms with Gasteiger partial charge in [-0.2, -0.15) is 0 Å². The zero-order valence-corrected chi connectivity index (χ0v) is 25.4. The maximum atomic E-state index is 13.8. The minimum atomic E-state index is -0.790. The van der Waals surface area contributed by atoms with Gasteiger partial charge in [0.25, 0.3) is 0 Å². The van der Waals surface area contributed by atoms with E-state index < -0.39 is 17.5 Å². The molecule has 1 fully saturated rings. The van der Waals surface area contributed by atoms with Gasteiger partial charge in [0.2, 0.25) is 17.7 Å². The molecule has 0 bridgehead atoms. The van der Waals surface area contributed by atoms with Gasteiger partial charge in [0.05, 0.1) is 0 Å². The average molecular weight is 597 g/mol. The van der Waals surface area contributed by atoms with Crippen molar-refractivity contribution in [3.63, 3.8) is 0 Å². The number of benzene rings is 3. The van der Waals surface area contributed by atoms with Gasteiger partial charge in [0.15, 0.2) is 0 Å². The van der Waals surface area contributed by atoms with Crippen molar-refractivity contribution in [3.8, 4) is 0 Å². The Hall–Kier alpha value is -3.49. The van der Waals surface area contributed by atoms with Crippen LogP contribution in [0.4, 0.5) is 4.39 Å². The van der Waals surface area contributed by atoms with Crippen molar-refractivity contribution in [2.45, 2.75) is 65.1 Å². The second kappa shape index (κ2) is 15.1. The highest BCUT2D eigenvalue weighted by Crippen LogP contribution is 2.26. The van der Waals surface area contributed by atoms with Crippen LogP contribution in [0.25, 0.3) is 10.8 Å². The molecule has 1 saturated heterocycles. The molecule has 3 aromatic carbocycles. The molecule has 3 amide bonds. The molecule has 3 aromatic rings. The van der Waals surface area contributed by atoms with Crippen molar-refractivity contribution >= 4 is 40.9 Å². The monoisotopic (exact) mass is 596 g/mol. The molecule has 3 N–H and O–H groups in total. The molecule has 9 heteroatoms. The number of nitrogens with zero attached hydrogens (tertiary/aromatic N) is 1. The van der Waals surface area contributed by atoms with Gasteiger partial charge in [0, 0.05) is 37.0 Å². The number of likely N-dealkylation sites (tertiary alicyclic amines) is 1. The summed E-state index contributed by atoms with van der Waals surface area (Å²) in [5.41, 5.74) is 0.941. The molecular weight excluding hydrogens is 555 g/mol. The zero-order chi connectivity index (χ0) is 29.4. The number of carbonyl (C=O) groups excluding carboxylic acids is 3. The molecule has 1 unspecified atom stereocenters. The van der Waals surface area contributed by atoms with Crippen molar-refractivity contribution < 1.29 is 18.8 Å². The van der Waals surface area contributed by atoms with Crippen LogP contribution in [-0.4, -0.2) is 54.3 Å². The molecule has 1 heterocycles. The summed E-state index contributed by atoms with van der Waals surface area (Å²) < 4.78 is 13.8. The van der Waals surface area contributed by atoms with Gasteiger partial charge in [-0.25, -0.2) is 4.39 Å². The molecule has 0 aromatic heterocycles. The van der Waals surface area contributed by atoms with Crippen molar-refractivity contribution in [1.29, 1.82) is 0 Å². The van der Waals surface area contributed by atoms with Gasteiger partial charge < -0.3 is 20.9 Å². The summed E-state index contributed by atoms with van der Waals surface area (Å²) in [5.74, 6) is -0.876. The highest BCUT2D eigenvalue weighted by molar-refractivity contribution is 5.93. The minimum Gasteiger partial charge on any atom is -0.354 e. The summed E-state index contributed by atoms with van der Waals surface area (Å²) in [6.45, 7) is 7.51. The van der Waals surface area contributed by atoms with E-state index in [0.29, 0.717) is 51.0 Å². The standard InChI is InChI=1S/C33H41FN4O3.ClH/c1-33(2,3)32(41)38-19-8-14-29(38)31(40)37-28(21-23-15-16-24-10-4-5-11-25(24)20-23)30(39)36-18-9-17-35-22-26-12-6-7-13-27(26)34;/h4-7,10-13,15-16,20,28-29,35H,8-9,14,17-19,21-22H2,1-3H3,(H,36,39)(H,37,40);1H/t28-,29?;/m1./s1. The van der Waals surface area contributed by atoms with Crippen molar-refractivity contribution in [2.24, 2.45) is 5.41 Å². The lowest BCUT2D eigenvalue weighted by molar-refractivity contribution is -0.145. The molecule has 1 aliphatic rings. The molecule has 42 heavy (non-hydrogen) atoms. The minimum absolute atomic E-state index is 0. The first kappa shape index (κ1) is 33.0. The summed E-state index contributed by atoms with van der Waals surface area (Å²) >= 11 is 0. The van der Waals surface area contributed by atoms with Crippen molar-refractivity contribution in [3.05, 3.63) is 83.7 Å². The Kier molecular flexibility index (Phi) is 11.9. The number of nitrogens with one attached hydrogen (secondary N) is 3. The lowest BCUT2D eigenvalue weighted by atomic mass is 9.94. The van der Waals surface area contributed by atoms with E-state index in [-0.39, 0.29) is 35.9 Å². The summed E-state index contributed by atoms with van der Waals surface area (Å²) in [6.07, 6.45) is 2.30. The van der Waals surface area contributed by atoms with Gasteiger partial charge in [-0.05, 0) is 48.2 Å². The van der Waals surface area contributed by atoms with Gasteiger partial charge in [-0.1, -0.05) is 81.4 Å². The Morgan fingerprint density at radius 3 is 2.43 bits per heavy atom. The topological polar surface area (TPSA) is 90.5 Å². The van der Waals surface area contributed by atoms with Crippen LogP contribution < -0.4 is 16.0 Å².